The predicted octanol–water partition coefficient (Wildman–Crippen LogP) is 3.11. The van der Waals surface area contributed by atoms with E-state index in [0.29, 0.717) is 11.3 Å². The second-order valence-corrected chi connectivity index (χ2v) is 7.49. The Kier molecular flexibility index (Phi) is 6.26. The molecule has 0 bridgehead atoms. The molecule has 0 radical (unpaired) electrons. The number of amides is 3. The molecule has 2 aromatic carbocycles. The van der Waals surface area contributed by atoms with Crippen molar-refractivity contribution < 1.29 is 18.8 Å². The van der Waals surface area contributed by atoms with Crippen molar-refractivity contribution in [1.82, 2.24) is 10.6 Å². The number of benzene rings is 2. The average Bonchev–Trinajstić information content (AvgIpc) is 3.50. The molecular formula is C22H24FN3O3. The fourth-order valence-corrected chi connectivity index (χ4v) is 2.85. The summed E-state index contributed by atoms with van der Waals surface area (Å²) in [5.74, 6) is -2.16. The second-order valence-electron chi connectivity index (χ2n) is 7.49. The molecule has 0 aliphatic heterocycles. The lowest BCUT2D eigenvalue weighted by Crippen LogP contribution is -2.47. The molecule has 0 aromatic heterocycles. The van der Waals surface area contributed by atoms with Crippen LogP contribution in [0, 0.1) is 11.7 Å². The van der Waals surface area contributed by atoms with Crippen molar-refractivity contribution in [3.05, 3.63) is 65.5 Å². The van der Waals surface area contributed by atoms with Crippen LogP contribution in [-0.4, -0.2) is 29.8 Å². The zero-order valence-corrected chi connectivity index (χ0v) is 16.4. The predicted molar refractivity (Wildman–Crippen MR) is 108 cm³/mol. The SMILES string of the molecule is CC(C)C(NC(=O)c1ccccc1F)C(=O)Nc1cccc(C(=O)NC2CC2)c1. The van der Waals surface area contributed by atoms with E-state index < -0.39 is 23.7 Å². The van der Waals surface area contributed by atoms with Gasteiger partial charge in [-0.05, 0) is 49.1 Å². The molecule has 6 nitrogen and oxygen atoms in total. The summed E-state index contributed by atoms with van der Waals surface area (Å²) in [6, 6.07) is 11.6. The fourth-order valence-electron chi connectivity index (χ4n) is 2.85. The van der Waals surface area contributed by atoms with Crippen molar-refractivity contribution >= 4 is 23.4 Å². The van der Waals surface area contributed by atoms with Crippen LogP contribution in [0.5, 0.6) is 0 Å². The Labute approximate surface area is 168 Å². The molecule has 29 heavy (non-hydrogen) atoms. The van der Waals surface area contributed by atoms with Crippen molar-refractivity contribution in [2.45, 2.75) is 38.8 Å². The van der Waals surface area contributed by atoms with Crippen LogP contribution in [0.2, 0.25) is 0 Å². The Morgan fingerprint density at radius 2 is 1.72 bits per heavy atom. The van der Waals surface area contributed by atoms with Crippen LogP contribution in [0.1, 0.15) is 47.4 Å². The highest BCUT2D eigenvalue weighted by Gasteiger charge is 2.26. The Morgan fingerprint density at radius 3 is 2.38 bits per heavy atom. The van der Waals surface area contributed by atoms with Gasteiger partial charge in [0.25, 0.3) is 11.8 Å². The third kappa shape index (κ3) is 5.40. The molecule has 152 valence electrons. The number of nitrogens with one attached hydrogen (secondary N) is 3. The molecule has 0 saturated heterocycles. The molecule has 2 aromatic rings. The van der Waals surface area contributed by atoms with Gasteiger partial charge in [0.2, 0.25) is 5.91 Å². The Balaban J connectivity index is 1.69. The third-order valence-electron chi connectivity index (χ3n) is 4.66. The van der Waals surface area contributed by atoms with Crippen LogP contribution in [-0.2, 0) is 4.79 Å². The van der Waals surface area contributed by atoms with Gasteiger partial charge in [0.1, 0.15) is 11.9 Å². The minimum atomic E-state index is -0.869. The van der Waals surface area contributed by atoms with E-state index in [0.717, 1.165) is 12.8 Å². The molecule has 1 fully saturated rings. The normalized spacial score (nSPS) is 14.2. The average molecular weight is 397 g/mol. The summed E-state index contributed by atoms with van der Waals surface area (Å²) >= 11 is 0. The number of rotatable bonds is 7. The Morgan fingerprint density at radius 1 is 1.00 bits per heavy atom. The zero-order valence-electron chi connectivity index (χ0n) is 16.4. The molecule has 1 atom stereocenters. The quantitative estimate of drug-likeness (QED) is 0.671. The summed E-state index contributed by atoms with van der Waals surface area (Å²) in [5, 5.41) is 8.22. The summed E-state index contributed by atoms with van der Waals surface area (Å²) in [4.78, 5) is 37.4. The van der Waals surface area contributed by atoms with Crippen LogP contribution in [0.15, 0.2) is 48.5 Å². The minimum Gasteiger partial charge on any atom is -0.349 e. The summed E-state index contributed by atoms with van der Waals surface area (Å²) in [5.41, 5.74) is 0.778. The number of halogens is 1. The van der Waals surface area contributed by atoms with Gasteiger partial charge in [-0.3, -0.25) is 14.4 Å². The minimum absolute atomic E-state index is 0.121. The van der Waals surface area contributed by atoms with E-state index in [-0.39, 0.29) is 23.4 Å². The van der Waals surface area contributed by atoms with Gasteiger partial charge in [-0.1, -0.05) is 32.0 Å². The van der Waals surface area contributed by atoms with Crippen LogP contribution < -0.4 is 16.0 Å². The topological polar surface area (TPSA) is 87.3 Å². The van der Waals surface area contributed by atoms with E-state index in [2.05, 4.69) is 16.0 Å². The van der Waals surface area contributed by atoms with Gasteiger partial charge in [0.05, 0.1) is 5.56 Å². The molecule has 1 aliphatic carbocycles. The number of carbonyl (C=O) groups excluding carboxylic acids is 3. The van der Waals surface area contributed by atoms with E-state index in [4.69, 9.17) is 0 Å². The van der Waals surface area contributed by atoms with E-state index >= 15 is 0 Å². The molecule has 0 spiro atoms. The number of hydrogen-bond acceptors (Lipinski definition) is 3. The smallest absolute Gasteiger partial charge is 0.254 e. The maximum Gasteiger partial charge on any atom is 0.254 e. The van der Waals surface area contributed by atoms with E-state index in [9.17, 15) is 18.8 Å². The molecule has 1 unspecified atom stereocenters. The number of hydrogen-bond donors (Lipinski definition) is 3. The van der Waals surface area contributed by atoms with Crippen molar-refractivity contribution in [3.63, 3.8) is 0 Å². The van der Waals surface area contributed by atoms with Crippen LogP contribution in [0.25, 0.3) is 0 Å². The molecule has 1 aliphatic rings. The zero-order chi connectivity index (χ0) is 21.0. The monoisotopic (exact) mass is 397 g/mol. The summed E-state index contributed by atoms with van der Waals surface area (Å²) in [7, 11) is 0. The Bertz CT molecular complexity index is 925. The highest BCUT2D eigenvalue weighted by molar-refractivity contribution is 6.02. The highest BCUT2D eigenvalue weighted by Crippen LogP contribution is 2.20. The van der Waals surface area contributed by atoms with E-state index in [1.54, 1.807) is 44.2 Å². The molecule has 0 heterocycles. The maximum absolute atomic E-state index is 13.9. The van der Waals surface area contributed by atoms with Crippen molar-refractivity contribution in [3.8, 4) is 0 Å². The molecule has 3 amide bonds. The van der Waals surface area contributed by atoms with Crippen LogP contribution >= 0.6 is 0 Å². The standard InChI is InChI=1S/C22H24FN3O3/c1-13(2)19(26-21(28)17-8-3-4-9-18(17)23)22(29)25-16-7-5-6-14(12-16)20(27)24-15-10-11-15/h3-9,12-13,15,19H,10-11H2,1-2H3,(H,24,27)(H,25,29)(H,26,28). The lowest BCUT2D eigenvalue weighted by atomic mass is 10.0. The maximum atomic E-state index is 13.9. The lowest BCUT2D eigenvalue weighted by molar-refractivity contribution is -0.118. The first-order chi connectivity index (χ1) is 13.8. The molecule has 1 saturated carbocycles. The number of anilines is 1. The number of carbonyl (C=O) groups is 3. The first-order valence-electron chi connectivity index (χ1n) is 9.62. The van der Waals surface area contributed by atoms with Crippen LogP contribution in [0.4, 0.5) is 10.1 Å². The van der Waals surface area contributed by atoms with Gasteiger partial charge >= 0.3 is 0 Å². The van der Waals surface area contributed by atoms with Gasteiger partial charge in [-0.2, -0.15) is 0 Å². The van der Waals surface area contributed by atoms with Gasteiger partial charge < -0.3 is 16.0 Å². The molecule has 3 N–H and O–H groups in total. The largest absolute Gasteiger partial charge is 0.349 e. The van der Waals surface area contributed by atoms with Gasteiger partial charge in [0.15, 0.2) is 0 Å². The second kappa shape index (κ2) is 8.86. The van der Waals surface area contributed by atoms with Crippen molar-refractivity contribution in [2.24, 2.45) is 5.92 Å². The lowest BCUT2D eigenvalue weighted by Gasteiger charge is -2.22. The first kappa shape index (κ1) is 20.5. The van der Waals surface area contributed by atoms with Crippen LogP contribution in [0.3, 0.4) is 0 Å². The van der Waals surface area contributed by atoms with Gasteiger partial charge in [-0.15, -0.1) is 0 Å². The fraction of sp³-hybridized carbons (Fsp3) is 0.318. The molecule has 7 heteroatoms. The third-order valence-corrected chi connectivity index (χ3v) is 4.66. The highest BCUT2D eigenvalue weighted by atomic mass is 19.1. The van der Waals surface area contributed by atoms with E-state index in [1.165, 1.54) is 18.2 Å². The van der Waals surface area contributed by atoms with Crippen molar-refractivity contribution in [2.75, 3.05) is 5.32 Å². The summed E-state index contributed by atoms with van der Waals surface area (Å²) < 4.78 is 13.9. The summed E-state index contributed by atoms with van der Waals surface area (Å²) in [6.07, 6.45) is 1.97. The first-order valence-corrected chi connectivity index (χ1v) is 9.62. The summed E-state index contributed by atoms with van der Waals surface area (Å²) in [6.45, 7) is 3.57. The van der Waals surface area contributed by atoms with E-state index in [1.807, 2.05) is 0 Å². The van der Waals surface area contributed by atoms with Gasteiger partial charge in [0, 0.05) is 17.3 Å². The molecule has 3 rings (SSSR count). The van der Waals surface area contributed by atoms with Crippen molar-refractivity contribution in [1.29, 1.82) is 0 Å². The Hall–Kier alpha value is -3.22. The van der Waals surface area contributed by atoms with Gasteiger partial charge in [-0.25, -0.2) is 4.39 Å². The molecular weight excluding hydrogens is 373 g/mol.